The summed E-state index contributed by atoms with van der Waals surface area (Å²) in [6.45, 7) is 1.87. The van der Waals surface area contributed by atoms with Crippen molar-refractivity contribution in [1.29, 1.82) is 0 Å². The van der Waals surface area contributed by atoms with Gasteiger partial charge in [0.2, 0.25) is 5.91 Å². The number of hydrogen-bond acceptors (Lipinski definition) is 5. The normalized spacial score (nSPS) is 11.3. The summed E-state index contributed by atoms with van der Waals surface area (Å²) in [6.07, 6.45) is 1.55. The second kappa shape index (κ2) is 8.75. The molecule has 0 saturated heterocycles. The van der Waals surface area contributed by atoms with E-state index >= 15 is 0 Å². The van der Waals surface area contributed by atoms with Gasteiger partial charge in [0.25, 0.3) is 10.0 Å². The van der Waals surface area contributed by atoms with Crippen LogP contribution in [0.15, 0.2) is 83.2 Å². The molecule has 31 heavy (non-hydrogen) atoms. The van der Waals surface area contributed by atoms with Gasteiger partial charge in [-0.15, -0.1) is 11.3 Å². The minimum Gasteiger partial charge on any atom is -0.326 e. The lowest BCUT2D eigenvalue weighted by Crippen LogP contribution is -2.13. The van der Waals surface area contributed by atoms with Crippen LogP contribution in [0.4, 0.5) is 11.4 Å². The fourth-order valence-electron chi connectivity index (χ4n) is 3.07. The van der Waals surface area contributed by atoms with Crippen molar-refractivity contribution >= 4 is 38.6 Å². The highest BCUT2D eigenvalue weighted by Crippen LogP contribution is 2.31. The molecule has 0 saturated carbocycles. The Kier molecular flexibility index (Phi) is 5.88. The van der Waals surface area contributed by atoms with E-state index in [0.717, 1.165) is 10.4 Å². The van der Waals surface area contributed by atoms with Crippen LogP contribution in [0.2, 0.25) is 0 Å². The standard InChI is InChI=1S/C22H20N4O3S2/c1-16(27)23-18-9-11-19(12-10-18)25-31(28,29)21-15-26(14-17-6-3-2-4-7-17)24-22(21)20-8-5-13-30-20/h2-13,15,25H,14H2,1H3,(H,23,27). The van der Waals surface area contributed by atoms with Crippen molar-refractivity contribution in [3.8, 4) is 10.6 Å². The zero-order chi connectivity index (χ0) is 21.8. The van der Waals surface area contributed by atoms with Crippen LogP contribution in [0.5, 0.6) is 0 Å². The van der Waals surface area contributed by atoms with Crippen LogP contribution in [0, 0.1) is 0 Å². The number of amides is 1. The van der Waals surface area contributed by atoms with Gasteiger partial charge in [0, 0.05) is 24.5 Å². The fourth-order valence-corrected chi connectivity index (χ4v) is 5.08. The molecule has 0 fully saturated rings. The maximum Gasteiger partial charge on any atom is 0.265 e. The summed E-state index contributed by atoms with van der Waals surface area (Å²) in [5.74, 6) is -0.195. The molecular weight excluding hydrogens is 432 g/mol. The minimum atomic E-state index is -3.89. The molecule has 2 aromatic carbocycles. The van der Waals surface area contributed by atoms with E-state index in [1.54, 1.807) is 35.1 Å². The van der Waals surface area contributed by atoms with Crippen LogP contribution in [-0.4, -0.2) is 24.1 Å². The zero-order valence-electron chi connectivity index (χ0n) is 16.6. The Bertz CT molecular complexity index is 1280. The first-order valence-corrected chi connectivity index (χ1v) is 11.8. The fraction of sp³-hybridized carbons (Fsp3) is 0.0909. The largest absolute Gasteiger partial charge is 0.326 e. The molecule has 0 atom stereocenters. The van der Waals surface area contributed by atoms with Crippen LogP contribution >= 0.6 is 11.3 Å². The summed E-state index contributed by atoms with van der Waals surface area (Å²) in [4.78, 5) is 12.0. The van der Waals surface area contributed by atoms with Gasteiger partial charge in [-0.25, -0.2) is 8.42 Å². The molecule has 9 heteroatoms. The third-order valence-corrected chi connectivity index (χ3v) is 6.68. The van der Waals surface area contributed by atoms with Crippen LogP contribution in [0.25, 0.3) is 10.6 Å². The van der Waals surface area contributed by atoms with Crippen molar-refractivity contribution in [3.05, 3.63) is 83.9 Å². The van der Waals surface area contributed by atoms with E-state index in [4.69, 9.17) is 0 Å². The van der Waals surface area contributed by atoms with Gasteiger partial charge in [0.15, 0.2) is 0 Å². The molecule has 4 aromatic rings. The number of rotatable bonds is 7. The monoisotopic (exact) mass is 452 g/mol. The lowest BCUT2D eigenvalue weighted by Gasteiger charge is -2.09. The number of nitrogens with zero attached hydrogens (tertiary/aromatic N) is 2. The summed E-state index contributed by atoms with van der Waals surface area (Å²) in [7, 11) is -3.89. The summed E-state index contributed by atoms with van der Waals surface area (Å²) < 4.78 is 30.7. The quantitative estimate of drug-likeness (QED) is 0.434. The summed E-state index contributed by atoms with van der Waals surface area (Å²) in [6, 6.07) is 19.9. The molecule has 0 unspecified atom stereocenters. The molecule has 0 radical (unpaired) electrons. The van der Waals surface area contributed by atoms with Crippen molar-refractivity contribution in [1.82, 2.24) is 9.78 Å². The predicted molar refractivity (Wildman–Crippen MR) is 123 cm³/mol. The van der Waals surface area contributed by atoms with E-state index in [-0.39, 0.29) is 10.8 Å². The van der Waals surface area contributed by atoms with Gasteiger partial charge < -0.3 is 5.32 Å². The molecule has 0 aliphatic carbocycles. The van der Waals surface area contributed by atoms with Crippen molar-refractivity contribution < 1.29 is 13.2 Å². The highest BCUT2D eigenvalue weighted by atomic mass is 32.2. The van der Waals surface area contributed by atoms with E-state index in [9.17, 15) is 13.2 Å². The van der Waals surface area contributed by atoms with Gasteiger partial charge in [-0.1, -0.05) is 36.4 Å². The molecule has 158 valence electrons. The van der Waals surface area contributed by atoms with E-state index in [1.807, 2.05) is 47.8 Å². The lowest BCUT2D eigenvalue weighted by molar-refractivity contribution is -0.114. The van der Waals surface area contributed by atoms with Crippen LogP contribution in [0.1, 0.15) is 12.5 Å². The van der Waals surface area contributed by atoms with Gasteiger partial charge in [0.05, 0.1) is 11.4 Å². The highest BCUT2D eigenvalue weighted by Gasteiger charge is 2.24. The second-order valence-corrected chi connectivity index (χ2v) is 9.46. The number of nitrogens with one attached hydrogen (secondary N) is 2. The van der Waals surface area contributed by atoms with Crippen LogP contribution < -0.4 is 10.0 Å². The van der Waals surface area contributed by atoms with Gasteiger partial charge in [-0.3, -0.25) is 14.2 Å². The topological polar surface area (TPSA) is 93.1 Å². The Balaban J connectivity index is 1.65. The van der Waals surface area contributed by atoms with E-state index < -0.39 is 10.0 Å². The van der Waals surface area contributed by atoms with Gasteiger partial charge >= 0.3 is 0 Å². The van der Waals surface area contributed by atoms with E-state index in [2.05, 4.69) is 15.1 Å². The van der Waals surface area contributed by atoms with E-state index in [0.29, 0.717) is 23.6 Å². The Morgan fingerprint density at radius 1 is 1.00 bits per heavy atom. The maximum absolute atomic E-state index is 13.2. The van der Waals surface area contributed by atoms with Gasteiger partial charge in [-0.2, -0.15) is 5.10 Å². The second-order valence-electron chi connectivity index (χ2n) is 6.87. The molecular formula is C22H20N4O3S2. The predicted octanol–water partition coefficient (Wildman–Crippen LogP) is 4.42. The van der Waals surface area contributed by atoms with Crippen molar-refractivity contribution in [3.63, 3.8) is 0 Å². The Labute approximate surface area is 184 Å². The first kappa shape index (κ1) is 20.8. The molecule has 2 N–H and O–H groups in total. The minimum absolute atomic E-state index is 0.108. The molecule has 2 aromatic heterocycles. The van der Waals surface area contributed by atoms with Gasteiger partial charge in [-0.05, 0) is 41.3 Å². The van der Waals surface area contributed by atoms with Gasteiger partial charge in [0.1, 0.15) is 10.6 Å². The number of hydrogen-bond donors (Lipinski definition) is 2. The third-order valence-electron chi connectivity index (χ3n) is 4.42. The first-order chi connectivity index (χ1) is 14.9. The maximum atomic E-state index is 13.2. The molecule has 0 aliphatic rings. The number of benzene rings is 2. The number of sulfonamides is 1. The SMILES string of the molecule is CC(=O)Nc1ccc(NS(=O)(=O)c2cn(Cc3ccccc3)nc2-c2cccs2)cc1. The number of carbonyl (C=O) groups excluding carboxylic acids is 1. The lowest BCUT2D eigenvalue weighted by atomic mass is 10.2. The third kappa shape index (κ3) is 5.01. The Morgan fingerprint density at radius 2 is 1.71 bits per heavy atom. The number of aromatic nitrogens is 2. The highest BCUT2D eigenvalue weighted by molar-refractivity contribution is 7.92. The Hall–Kier alpha value is -3.43. The van der Waals surface area contributed by atoms with Crippen LogP contribution in [-0.2, 0) is 21.4 Å². The molecule has 2 heterocycles. The number of anilines is 2. The average Bonchev–Trinajstić information content (AvgIpc) is 3.40. The molecule has 0 aliphatic heterocycles. The molecule has 4 rings (SSSR count). The van der Waals surface area contributed by atoms with E-state index in [1.165, 1.54) is 18.3 Å². The first-order valence-electron chi connectivity index (χ1n) is 9.46. The number of thiophene rings is 1. The van der Waals surface area contributed by atoms with Crippen molar-refractivity contribution in [2.45, 2.75) is 18.4 Å². The summed E-state index contributed by atoms with van der Waals surface area (Å²) >= 11 is 1.43. The van der Waals surface area contributed by atoms with Crippen LogP contribution in [0.3, 0.4) is 0 Å². The smallest absolute Gasteiger partial charge is 0.265 e. The van der Waals surface area contributed by atoms with Crippen molar-refractivity contribution in [2.24, 2.45) is 0 Å². The number of carbonyl (C=O) groups is 1. The Morgan fingerprint density at radius 3 is 2.35 bits per heavy atom. The molecule has 1 amide bonds. The summed E-state index contributed by atoms with van der Waals surface area (Å²) in [5, 5.41) is 9.10. The molecule has 0 spiro atoms. The molecule has 0 bridgehead atoms. The summed E-state index contributed by atoms with van der Waals surface area (Å²) in [5.41, 5.74) is 2.41. The van der Waals surface area contributed by atoms with Crippen molar-refractivity contribution in [2.75, 3.05) is 10.0 Å². The zero-order valence-corrected chi connectivity index (χ0v) is 18.3. The molecule has 7 nitrogen and oxygen atoms in total. The average molecular weight is 453 g/mol.